The highest BCUT2D eigenvalue weighted by Crippen LogP contribution is 2.29. The summed E-state index contributed by atoms with van der Waals surface area (Å²) in [5, 5.41) is 10.6. The van der Waals surface area contributed by atoms with Gasteiger partial charge in [-0.1, -0.05) is 29.3 Å². The number of rotatable bonds is 7. The molecule has 6 heteroatoms. The smallest absolute Gasteiger partial charge is 0.152 e. The summed E-state index contributed by atoms with van der Waals surface area (Å²) in [7, 11) is 0. The Morgan fingerprint density at radius 1 is 1.19 bits per heavy atom. The number of carbonyl (C=O) groups is 1. The minimum atomic E-state index is 0.239. The van der Waals surface area contributed by atoms with Crippen molar-refractivity contribution >= 4 is 40.4 Å². The summed E-state index contributed by atoms with van der Waals surface area (Å²) in [6.45, 7) is 0.927. The Hall–Kier alpha value is -2.48. The van der Waals surface area contributed by atoms with Gasteiger partial charge >= 0.3 is 0 Å². The number of hydrogen-bond acceptors (Lipinski definition) is 3. The lowest BCUT2D eigenvalue weighted by molar-refractivity contribution is 0.112. The van der Waals surface area contributed by atoms with E-state index in [4.69, 9.17) is 33.2 Å². The van der Waals surface area contributed by atoms with Crippen LogP contribution in [-0.2, 0) is 13.2 Å². The van der Waals surface area contributed by atoms with Gasteiger partial charge in [0, 0.05) is 51.2 Å². The van der Waals surface area contributed by atoms with Crippen LogP contribution in [0, 0.1) is 11.3 Å². The van der Waals surface area contributed by atoms with E-state index in [2.05, 4.69) is 6.07 Å². The van der Waals surface area contributed by atoms with Gasteiger partial charge in [-0.25, -0.2) is 0 Å². The molecule has 3 aromatic rings. The molecule has 0 aliphatic carbocycles. The number of aldehydes is 1. The van der Waals surface area contributed by atoms with Crippen molar-refractivity contribution in [3.8, 4) is 11.8 Å². The summed E-state index contributed by atoms with van der Waals surface area (Å²) in [6.07, 6.45) is 3.86. The topological polar surface area (TPSA) is 55.0 Å². The molecule has 1 aromatic heterocycles. The van der Waals surface area contributed by atoms with Crippen molar-refractivity contribution in [2.24, 2.45) is 0 Å². The first-order valence-corrected chi connectivity index (χ1v) is 8.90. The van der Waals surface area contributed by atoms with Crippen LogP contribution in [0.5, 0.6) is 5.75 Å². The monoisotopic (exact) mass is 386 g/mol. The highest BCUT2D eigenvalue weighted by Gasteiger charge is 2.11. The maximum atomic E-state index is 11.4. The summed E-state index contributed by atoms with van der Waals surface area (Å²) < 4.78 is 7.82. The molecular weight excluding hydrogens is 371 g/mol. The molecule has 0 atom stereocenters. The van der Waals surface area contributed by atoms with Crippen molar-refractivity contribution in [3.63, 3.8) is 0 Å². The van der Waals surface area contributed by atoms with E-state index in [1.54, 1.807) is 18.2 Å². The van der Waals surface area contributed by atoms with Gasteiger partial charge in [0.05, 0.1) is 6.07 Å². The van der Waals surface area contributed by atoms with Gasteiger partial charge in [-0.3, -0.25) is 4.79 Å². The molecule has 4 nitrogen and oxygen atoms in total. The van der Waals surface area contributed by atoms with Crippen LogP contribution in [0.25, 0.3) is 10.9 Å². The summed E-state index contributed by atoms with van der Waals surface area (Å²) in [6, 6.07) is 13.0. The van der Waals surface area contributed by atoms with Crippen LogP contribution in [0.4, 0.5) is 0 Å². The molecule has 0 bridgehead atoms. The second-order valence-corrected chi connectivity index (χ2v) is 6.64. The lowest BCUT2D eigenvalue weighted by Crippen LogP contribution is -1.98. The van der Waals surface area contributed by atoms with Crippen LogP contribution in [-0.4, -0.2) is 10.9 Å². The number of carbonyl (C=O) groups excluding carboxylic acids is 1. The molecule has 0 amide bonds. The third kappa shape index (κ3) is 3.85. The van der Waals surface area contributed by atoms with Gasteiger partial charge in [-0.2, -0.15) is 5.26 Å². The van der Waals surface area contributed by atoms with Gasteiger partial charge in [-0.05, 0) is 36.8 Å². The number of aryl methyl sites for hydroxylation is 1. The summed E-state index contributed by atoms with van der Waals surface area (Å²) >= 11 is 12.3. The quantitative estimate of drug-likeness (QED) is 0.389. The molecular formula is C20H16Cl2N2O2. The van der Waals surface area contributed by atoms with Crippen molar-refractivity contribution in [3.05, 3.63) is 63.8 Å². The number of fused-ring (bicyclic) bond motifs is 1. The van der Waals surface area contributed by atoms with Crippen molar-refractivity contribution in [2.75, 3.05) is 0 Å². The number of benzene rings is 2. The van der Waals surface area contributed by atoms with E-state index in [1.807, 2.05) is 29.0 Å². The predicted molar refractivity (Wildman–Crippen MR) is 103 cm³/mol. The molecule has 0 unspecified atom stereocenters. The summed E-state index contributed by atoms with van der Waals surface area (Å²) in [5.41, 5.74) is 2.26. The van der Waals surface area contributed by atoms with E-state index in [0.717, 1.165) is 29.2 Å². The number of aromatic nitrogens is 1. The summed E-state index contributed by atoms with van der Waals surface area (Å²) in [4.78, 5) is 11.4. The van der Waals surface area contributed by atoms with E-state index in [-0.39, 0.29) is 6.61 Å². The van der Waals surface area contributed by atoms with Gasteiger partial charge in [0.15, 0.2) is 6.29 Å². The average Bonchev–Trinajstić information content (AvgIpc) is 2.99. The molecule has 0 saturated carbocycles. The molecule has 1 heterocycles. The van der Waals surface area contributed by atoms with E-state index in [1.165, 1.54) is 0 Å². The Bertz CT molecular complexity index is 969. The third-order valence-electron chi connectivity index (χ3n) is 4.14. The van der Waals surface area contributed by atoms with Gasteiger partial charge in [0.2, 0.25) is 0 Å². The largest absolute Gasteiger partial charge is 0.489 e. The lowest BCUT2D eigenvalue weighted by atomic mass is 10.2. The molecule has 0 saturated heterocycles. The van der Waals surface area contributed by atoms with Crippen LogP contribution in [0.2, 0.25) is 10.0 Å². The normalized spacial score (nSPS) is 10.7. The maximum Gasteiger partial charge on any atom is 0.152 e. The number of unbranched alkanes of at least 4 members (excludes halogenated alkanes) is 1. The Kier molecular flexibility index (Phi) is 5.82. The zero-order valence-electron chi connectivity index (χ0n) is 13.9. The molecule has 0 aliphatic rings. The molecule has 132 valence electrons. The number of halogens is 2. The van der Waals surface area contributed by atoms with Gasteiger partial charge in [0.25, 0.3) is 0 Å². The van der Waals surface area contributed by atoms with Crippen molar-refractivity contribution < 1.29 is 9.53 Å². The zero-order valence-corrected chi connectivity index (χ0v) is 15.4. The van der Waals surface area contributed by atoms with E-state index < -0.39 is 0 Å². The molecule has 0 aliphatic heterocycles. The second-order valence-electron chi connectivity index (χ2n) is 5.83. The van der Waals surface area contributed by atoms with Crippen molar-refractivity contribution in [2.45, 2.75) is 26.0 Å². The maximum absolute atomic E-state index is 11.4. The number of nitrogens with zero attached hydrogens (tertiary/aromatic N) is 2. The molecule has 2 aromatic carbocycles. The van der Waals surface area contributed by atoms with E-state index in [0.29, 0.717) is 34.3 Å². The molecule has 0 radical (unpaired) electrons. The molecule has 0 spiro atoms. The minimum Gasteiger partial charge on any atom is -0.489 e. The number of nitriles is 1. The molecule has 0 N–H and O–H groups in total. The lowest BCUT2D eigenvalue weighted by Gasteiger charge is -2.10. The molecule has 3 rings (SSSR count). The highest BCUT2D eigenvalue weighted by atomic mass is 35.5. The fourth-order valence-corrected chi connectivity index (χ4v) is 3.33. The van der Waals surface area contributed by atoms with Crippen LogP contribution in [0.3, 0.4) is 0 Å². The fraction of sp³-hybridized carbons (Fsp3) is 0.200. The van der Waals surface area contributed by atoms with Gasteiger partial charge in [-0.15, -0.1) is 0 Å². The van der Waals surface area contributed by atoms with E-state index in [9.17, 15) is 4.79 Å². The first-order chi connectivity index (χ1) is 12.6. The average molecular weight is 387 g/mol. The first kappa shape index (κ1) is 18.3. The number of ether oxygens (including phenoxy) is 1. The Balaban J connectivity index is 1.84. The minimum absolute atomic E-state index is 0.239. The van der Waals surface area contributed by atoms with Crippen molar-refractivity contribution in [1.29, 1.82) is 5.26 Å². The second kappa shape index (κ2) is 8.27. The molecule has 0 fully saturated rings. The standard InChI is InChI=1S/C20H16Cl2N2O2/c21-18-4-3-5-19(22)17(18)13-26-15-6-7-20-16(10-15)14(12-25)11-24(20)9-2-1-8-23/h3-7,10-12H,1-2,9,13H2. The van der Waals surface area contributed by atoms with Crippen LogP contribution >= 0.6 is 23.2 Å². The first-order valence-electron chi connectivity index (χ1n) is 8.14. The zero-order chi connectivity index (χ0) is 18.5. The van der Waals surface area contributed by atoms with Crippen molar-refractivity contribution in [1.82, 2.24) is 4.57 Å². The van der Waals surface area contributed by atoms with Gasteiger partial charge < -0.3 is 9.30 Å². The Labute approximate surface area is 161 Å². The number of hydrogen-bond donors (Lipinski definition) is 0. The van der Waals surface area contributed by atoms with Crippen LogP contribution in [0.15, 0.2) is 42.6 Å². The van der Waals surface area contributed by atoms with Crippen LogP contribution < -0.4 is 4.74 Å². The van der Waals surface area contributed by atoms with E-state index >= 15 is 0 Å². The van der Waals surface area contributed by atoms with Gasteiger partial charge in [0.1, 0.15) is 12.4 Å². The Morgan fingerprint density at radius 2 is 1.96 bits per heavy atom. The Morgan fingerprint density at radius 3 is 2.65 bits per heavy atom. The predicted octanol–water partition coefficient (Wildman–Crippen LogP) is 5.64. The fourth-order valence-electron chi connectivity index (χ4n) is 2.83. The summed E-state index contributed by atoms with van der Waals surface area (Å²) in [5.74, 6) is 0.631. The van der Waals surface area contributed by atoms with Crippen LogP contribution in [0.1, 0.15) is 28.8 Å². The molecule has 26 heavy (non-hydrogen) atoms. The third-order valence-corrected chi connectivity index (χ3v) is 4.85. The highest BCUT2D eigenvalue weighted by molar-refractivity contribution is 6.35. The SMILES string of the molecule is N#CCCCn1cc(C=O)c2cc(OCc3c(Cl)cccc3Cl)ccc21.